The van der Waals surface area contributed by atoms with Crippen LogP contribution in [-0.4, -0.2) is 17.0 Å². The van der Waals surface area contributed by atoms with Gasteiger partial charge in [-0.3, -0.25) is 9.69 Å². The molecule has 3 N–H and O–H groups in total. The summed E-state index contributed by atoms with van der Waals surface area (Å²) >= 11 is 0. The Labute approximate surface area is 91.8 Å². The molecule has 1 amide bonds. The monoisotopic (exact) mass is 218 g/mol. The maximum Gasteiger partial charge on any atom is 0.333 e. The highest BCUT2D eigenvalue weighted by molar-refractivity contribution is 6.07. The summed E-state index contributed by atoms with van der Waals surface area (Å²) in [6, 6.07) is 6.67. The quantitative estimate of drug-likeness (QED) is 0.724. The van der Waals surface area contributed by atoms with E-state index in [4.69, 9.17) is 10.8 Å². The summed E-state index contributed by atoms with van der Waals surface area (Å²) in [7, 11) is 0. The van der Waals surface area contributed by atoms with Gasteiger partial charge in [0.15, 0.2) is 0 Å². The van der Waals surface area contributed by atoms with Crippen LogP contribution in [0.5, 0.6) is 0 Å². The highest BCUT2D eigenvalue weighted by Gasteiger charge is 2.26. The second-order valence-corrected chi connectivity index (χ2v) is 3.49. The predicted octanol–water partition coefficient (Wildman–Crippen LogP) is 0.974. The zero-order chi connectivity index (χ0) is 11.7. The second-order valence-electron chi connectivity index (χ2n) is 3.49. The molecule has 0 aromatic heterocycles. The molecular formula is C11H10N2O3. The van der Waals surface area contributed by atoms with Gasteiger partial charge in [0.1, 0.15) is 0 Å². The summed E-state index contributed by atoms with van der Waals surface area (Å²) in [6.07, 6.45) is 1.27. The van der Waals surface area contributed by atoms with Crippen molar-refractivity contribution in [2.75, 3.05) is 10.6 Å². The summed E-state index contributed by atoms with van der Waals surface area (Å²) in [6.45, 7) is 0. The van der Waals surface area contributed by atoms with E-state index in [9.17, 15) is 9.59 Å². The van der Waals surface area contributed by atoms with Crippen LogP contribution in [0.25, 0.3) is 0 Å². The molecule has 16 heavy (non-hydrogen) atoms. The maximum absolute atomic E-state index is 11.6. The van der Waals surface area contributed by atoms with Crippen molar-refractivity contribution >= 4 is 23.3 Å². The number of benzene rings is 1. The van der Waals surface area contributed by atoms with Gasteiger partial charge in [-0.15, -0.1) is 0 Å². The summed E-state index contributed by atoms with van der Waals surface area (Å²) in [5.74, 6) is -1.31. The number of nitrogens with two attached hydrogens (primary N) is 1. The first-order valence-electron chi connectivity index (χ1n) is 4.69. The number of carboxylic acids is 1. The lowest BCUT2D eigenvalue weighted by molar-refractivity contribution is -0.133. The summed E-state index contributed by atoms with van der Waals surface area (Å²) in [4.78, 5) is 23.6. The SMILES string of the molecule is Nc1ccc(N2C=C(C(=O)O)CC2=O)cc1. The Kier molecular flexibility index (Phi) is 2.36. The molecule has 0 fully saturated rings. The Bertz CT molecular complexity index is 477. The van der Waals surface area contributed by atoms with Gasteiger partial charge in [-0.05, 0) is 24.3 Å². The minimum Gasteiger partial charge on any atom is -0.478 e. The molecule has 2 rings (SSSR count). The van der Waals surface area contributed by atoms with Crippen LogP contribution in [0.3, 0.4) is 0 Å². The van der Waals surface area contributed by atoms with Crippen LogP contribution in [0.15, 0.2) is 36.0 Å². The summed E-state index contributed by atoms with van der Waals surface area (Å²) < 4.78 is 0. The molecule has 5 heteroatoms. The number of rotatable bonds is 2. The number of nitrogens with zero attached hydrogens (tertiary/aromatic N) is 1. The molecule has 1 aliphatic heterocycles. The average molecular weight is 218 g/mol. The molecule has 5 nitrogen and oxygen atoms in total. The number of hydrogen-bond donors (Lipinski definition) is 2. The molecule has 0 unspecified atom stereocenters. The van der Waals surface area contributed by atoms with E-state index in [0.29, 0.717) is 11.4 Å². The lowest BCUT2D eigenvalue weighted by atomic mass is 10.2. The van der Waals surface area contributed by atoms with Crippen molar-refractivity contribution in [3.8, 4) is 0 Å². The zero-order valence-corrected chi connectivity index (χ0v) is 8.38. The molecule has 0 aliphatic carbocycles. The largest absolute Gasteiger partial charge is 0.478 e. The maximum atomic E-state index is 11.6. The second kappa shape index (κ2) is 3.69. The van der Waals surface area contributed by atoms with E-state index in [1.807, 2.05) is 0 Å². The van der Waals surface area contributed by atoms with Crippen molar-refractivity contribution in [3.63, 3.8) is 0 Å². The van der Waals surface area contributed by atoms with Crippen LogP contribution in [0.4, 0.5) is 11.4 Å². The summed E-state index contributed by atoms with van der Waals surface area (Å²) in [5.41, 5.74) is 6.84. The highest BCUT2D eigenvalue weighted by Crippen LogP contribution is 2.24. The van der Waals surface area contributed by atoms with E-state index in [1.54, 1.807) is 24.3 Å². The van der Waals surface area contributed by atoms with Crippen LogP contribution in [0, 0.1) is 0 Å². The van der Waals surface area contributed by atoms with Crippen molar-refractivity contribution in [1.29, 1.82) is 0 Å². The molecule has 0 spiro atoms. The molecule has 82 valence electrons. The van der Waals surface area contributed by atoms with Crippen molar-refractivity contribution < 1.29 is 14.7 Å². The molecule has 0 atom stereocenters. The highest BCUT2D eigenvalue weighted by atomic mass is 16.4. The molecule has 0 radical (unpaired) electrons. The lowest BCUT2D eigenvalue weighted by Crippen LogP contribution is -2.19. The Morgan fingerprint density at radius 2 is 1.94 bits per heavy atom. The third-order valence-electron chi connectivity index (χ3n) is 2.34. The fraction of sp³-hybridized carbons (Fsp3) is 0.0909. The van der Waals surface area contributed by atoms with Gasteiger partial charge >= 0.3 is 5.97 Å². The molecule has 1 heterocycles. The molecule has 1 aromatic rings. The van der Waals surface area contributed by atoms with Crippen LogP contribution < -0.4 is 10.6 Å². The van der Waals surface area contributed by atoms with E-state index in [1.165, 1.54) is 11.1 Å². The van der Waals surface area contributed by atoms with Gasteiger partial charge in [0.2, 0.25) is 5.91 Å². The topological polar surface area (TPSA) is 83.6 Å². The normalized spacial score (nSPS) is 15.1. The number of carbonyl (C=O) groups is 2. The minimum absolute atomic E-state index is 0.0697. The van der Waals surface area contributed by atoms with Gasteiger partial charge in [-0.2, -0.15) is 0 Å². The number of hydrogen-bond acceptors (Lipinski definition) is 3. The molecule has 1 aromatic carbocycles. The molecular weight excluding hydrogens is 208 g/mol. The van der Waals surface area contributed by atoms with Crippen molar-refractivity contribution in [3.05, 3.63) is 36.0 Å². The van der Waals surface area contributed by atoms with Crippen LogP contribution in [0.2, 0.25) is 0 Å². The van der Waals surface area contributed by atoms with Gasteiger partial charge in [0, 0.05) is 17.6 Å². The molecule has 1 aliphatic rings. The van der Waals surface area contributed by atoms with Crippen LogP contribution in [0.1, 0.15) is 6.42 Å². The Hall–Kier alpha value is -2.30. The van der Waals surface area contributed by atoms with E-state index in [2.05, 4.69) is 0 Å². The molecule has 0 bridgehead atoms. The first-order chi connectivity index (χ1) is 7.58. The van der Waals surface area contributed by atoms with Gasteiger partial charge in [0.05, 0.1) is 12.0 Å². The van der Waals surface area contributed by atoms with E-state index in [-0.39, 0.29) is 17.9 Å². The van der Waals surface area contributed by atoms with Crippen molar-refractivity contribution in [2.45, 2.75) is 6.42 Å². The first-order valence-corrected chi connectivity index (χ1v) is 4.69. The fourth-order valence-electron chi connectivity index (χ4n) is 1.51. The lowest BCUT2D eigenvalue weighted by Gasteiger charge is -2.13. The van der Waals surface area contributed by atoms with Gasteiger partial charge in [-0.25, -0.2) is 4.79 Å². The Morgan fingerprint density at radius 3 is 2.44 bits per heavy atom. The third-order valence-corrected chi connectivity index (χ3v) is 2.34. The zero-order valence-electron chi connectivity index (χ0n) is 8.38. The third kappa shape index (κ3) is 1.75. The predicted molar refractivity (Wildman–Crippen MR) is 58.7 cm³/mol. The number of carbonyl (C=O) groups excluding carboxylic acids is 1. The number of amides is 1. The molecule has 0 saturated carbocycles. The minimum atomic E-state index is -1.06. The standard InChI is InChI=1S/C11H10N2O3/c12-8-1-3-9(4-2-8)13-6-7(11(15)16)5-10(13)14/h1-4,6H,5,12H2,(H,15,16). The van der Waals surface area contributed by atoms with Crippen molar-refractivity contribution in [1.82, 2.24) is 0 Å². The van der Waals surface area contributed by atoms with Crippen molar-refractivity contribution in [2.24, 2.45) is 0 Å². The molecule has 0 saturated heterocycles. The Balaban J connectivity index is 2.31. The van der Waals surface area contributed by atoms with E-state index in [0.717, 1.165) is 0 Å². The van der Waals surface area contributed by atoms with Gasteiger partial charge in [0.25, 0.3) is 0 Å². The Morgan fingerprint density at radius 1 is 1.31 bits per heavy atom. The van der Waals surface area contributed by atoms with E-state index < -0.39 is 5.97 Å². The number of aliphatic carboxylic acids is 1. The first kappa shape index (κ1) is 10.2. The van der Waals surface area contributed by atoms with Crippen LogP contribution >= 0.6 is 0 Å². The van der Waals surface area contributed by atoms with Gasteiger partial charge < -0.3 is 10.8 Å². The fourth-order valence-corrected chi connectivity index (χ4v) is 1.51. The van der Waals surface area contributed by atoms with Crippen LogP contribution in [-0.2, 0) is 9.59 Å². The summed E-state index contributed by atoms with van der Waals surface area (Å²) in [5, 5.41) is 8.77. The number of carboxylic acid groups (broad SMARTS) is 1. The smallest absolute Gasteiger partial charge is 0.333 e. The number of nitrogen functional groups attached to an aromatic ring is 1. The number of anilines is 2. The average Bonchev–Trinajstić information content (AvgIpc) is 2.62. The van der Waals surface area contributed by atoms with E-state index >= 15 is 0 Å². The van der Waals surface area contributed by atoms with Gasteiger partial charge in [-0.1, -0.05) is 0 Å².